The molecule has 1 aliphatic heterocycles. The molecule has 0 amide bonds. The Bertz CT molecular complexity index is 598. The molecule has 1 unspecified atom stereocenters. The van der Waals surface area contributed by atoms with Crippen molar-refractivity contribution in [2.24, 2.45) is 0 Å². The monoisotopic (exact) mass is 303 g/mol. The molecule has 0 saturated carbocycles. The van der Waals surface area contributed by atoms with Crippen LogP contribution in [-0.4, -0.2) is 36.1 Å². The van der Waals surface area contributed by atoms with Gasteiger partial charge in [-0.1, -0.05) is 30.3 Å². The van der Waals surface area contributed by atoms with Gasteiger partial charge in [-0.3, -0.25) is 0 Å². The van der Waals surface area contributed by atoms with Crippen LogP contribution in [0.1, 0.15) is 16.6 Å². The van der Waals surface area contributed by atoms with Gasteiger partial charge in [0, 0.05) is 32.2 Å². The van der Waals surface area contributed by atoms with E-state index in [9.17, 15) is 0 Å². The molecule has 1 aromatic carbocycles. The van der Waals surface area contributed by atoms with E-state index in [0.29, 0.717) is 0 Å². The number of benzene rings is 1. The van der Waals surface area contributed by atoms with Gasteiger partial charge in [-0.25, -0.2) is 4.98 Å². The third-order valence-corrected chi connectivity index (χ3v) is 4.02. The number of nitrogens with two attached hydrogens (primary N) is 1. The molecule has 1 aromatic heterocycles. The Morgan fingerprint density at radius 1 is 1.14 bits per heavy atom. The van der Waals surface area contributed by atoms with Crippen LogP contribution in [0, 0.1) is 0 Å². The first-order valence-corrected chi connectivity index (χ1v) is 7.47. The number of hydrogen-bond donors (Lipinski definition) is 2. The fourth-order valence-corrected chi connectivity index (χ4v) is 2.71. The summed E-state index contributed by atoms with van der Waals surface area (Å²) in [6.07, 6.45) is 0. The highest BCUT2D eigenvalue weighted by Gasteiger charge is 2.18. The second-order valence-electron chi connectivity index (χ2n) is 5.02. The standard InChI is InChI=1S/C15H18ClN5/c16-14(11-4-2-1-3-5-11)12-10-13(20-15(17)19-12)21-8-6-18-7-9-21/h1-5,10,14,18H,6-9H2,(H2,17,19,20). The largest absolute Gasteiger partial charge is 0.368 e. The molecule has 5 nitrogen and oxygen atoms in total. The van der Waals surface area contributed by atoms with Gasteiger partial charge in [0.15, 0.2) is 0 Å². The molecule has 1 saturated heterocycles. The molecule has 0 aliphatic carbocycles. The number of nitrogens with zero attached hydrogens (tertiary/aromatic N) is 3. The topological polar surface area (TPSA) is 67.1 Å². The minimum absolute atomic E-state index is 0.266. The smallest absolute Gasteiger partial charge is 0.222 e. The Morgan fingerprint density at radius 2 is 1.86 bits per heavy atom. The highest BCUT2D eigenvalue weighted by Crippen LogP contribution is 2.29. The van der Waals surface area contributed by atoms with Crippen molar-refractivity contribution >= 4 is 23.4 Å². The fraction of sp³-hybridized carbons (Fsp3) is 0.333. The van der Waals surface area contributed by atoms with Crippen LogP contribution < -0.4 is 16.0 Å². The van der Waals surface area contributed by atoms with Crippen molar-refractivity contribution in [3.63, 3.8) is 0 Å². The number of aromatic nitrogens is 2. The van der Waals surface area contributed by atoms with Crippen LogP contribution in [0.2, 0.25) is 0 Å². The summed E-state index contributed by atoms with van der Waals surface area (Å²) in [5.74, 6) is 1.11. The Kier molecular flexibility index (Phi) is 4.22. The van der Waals surface area contributed by atoms with Crippen LogP contribution in [0.5, 0.6) is 0 Å². The molecular weight excluding hydrogens is 286 g/mol. The molecule has 1 atom stereocenters. The van der Waals surface area contributed by atoms with E-state index in [4.69, 9.17) is 17.3 Å². The van der Waals surface area contributed by atoms with Crippen LogP contribution in [0.4, 0.5) is 11.8 Å². The van der Waals surface area contributed by atoms with E-state index < -0.39 is 0 Å². The second kappa shape index (κ2) is 6.28. The molecule has 0 spiro atoms. The number of anilines is 2. The van der Waals surface area contributed by atoms with Crippen molar-refractivity contribution < 1.29 is 0 Å². The first-order chi connectivity index (χ1) is 10.2. The Labute approximate surface area is 129 Å². The summed E-state index contributed by atoms with van der Waals surface area (Å²) in [5, 5.41) is 3.00. The van der Waals surface area contributed by atoms with E-state index in [1.54, 1.807) is 0 Å². The third kappa shape index (κ3) is 3.25. The van der Waals surface area contributed by atoms with Crippen molar-refractivity contribution in [1.82, 2.24) is 15.3 Å². The lowest BCUT2D eigenvalue weighted by Gasteiger charge is -2.28. The predicted molar refractivity (Wildman–Crippen MR) is 85.7 cm³/mol. The zero-order chi connectivity index (χ0) is 14.7. The maximum atomic E-state index is 6.54. The summed E-state index contributed by atoms with van der Waals surface area (Å²) in [7, 11) is 0. The molecule has 1 aliphatic rings. The summed E-state index contributed by atoms with van der Waals surface area (Å²) in [5.41, 5.74) is 7.60. The van der Waals surface area contributed by atoms with E-state index in [1.807, 2.05) is 36.4 Å². The lowest BCUT2D eigenvalue weighted by Crippen LogP contribution is -2.44. The molecular formula is C15H18ClN5. The SMILES string of the molecule is Nc1nc(C(Cl)c2ccccc2)cc(N2CCNCC2)n1. The van der Waals surface area contributed by atoms with Gasteiger partial charge in [0.2, 0.25) is 5.95 Å². The minimum atomic E-state index is -0.321. The van der Waals surface area contributed by atoms with Crippen LogP contribution >= 0.6 is 11.6 Å². The average molecular weight is 304 g/mol. The summed E-state index contributed by atoms with van der Waals surface area (Å²) < 4.78 is 0. The fourth-order valence-electron chi connectivity index (χ4n) is 2.45. The number of nitrogen functional groups attached to an aromatic ring is 1. The van der Waals surface area contributed by atoms with Crippen LogP contribution in [0.3, 0.4) is 0 Å². The maximum absolute atomic E-state index is 6.54. The predicted octanol–water partition coefficient (Wildman–Crippen LogP) is 1.80. The quantitative estimate of drug-likeness (QED) is 0.846. The number of alkyl halides is 1. The number of nitrogens with one attached hydrogen (secondary N) is 1. The Balaban J connectivity index is 1.90. The van der Waals surface area contributed by atoms with Crippen molar-refractivity contribution in [1.29, 1.82) is 0 Å². The molecule has 3 N–H and O–H groups in total. The number of hydrogen-bond acceptors (Lipinski definition) is 5. The molecule has 0 bridgehead atoms. The third-order valence-electron chi connectivity index (χ3n) is 3.54. The zero-order valence-corrected chi connectivity index (χ0v) is 12.4. The molecule has 110 valence electrons. The molecule has 3 rings (SSSR count). The van der Waals surface area contributed by atoms with Gasteiger partial charge in [-0.15, -0.1) is 11.6 Å². The van der Waals surface area contributed by atoms with Gasteiger partial charge in [0.05, 0.1) is 5.69 Å². The molecule has 2 heterocycles. The van der Waals surface area contributed by atoms with Crippen LogP contribution in [-0.2, 0) is 0 Å². The van der Waals surface area contributed by atoms with Crippen LogP contribution in [0.25, 0.3) is 0 Å². The normalized spacial score (nSPS) is 16.7. The molecule has 2 aromatic rings. The van der Waals surface area contributed by atoms with E-state index in [1.165, 1.54) is 0 Å². The molecule has 1 fully saturated rings. The second-order valence-corrected chi connectivity index (χ2v) is 5.46. The summed E-state index contributed by atoms with van der Waals surface area (Å²) in [6, 6.07) is 11.8. The first-order valence-electron chi connectivity index (χ1n) is 7.03. The number of rotatable bonds is 3. The van der Waals surface area contributed by atoms with E-state index in [-0.39, 0.29) is 11.3 Å². The van der Waals surface area contributed by atoms with E-state index in [2.05, 4.69) is 20.2 Å². The lowest BCUT2D eigenvalue weighted by molar-refractivity contribution is 0.584. The lowest BCUT2D eigenvalue weighted by atomic mass is 10.1. The minimum Gasteiger partial charge on any atom is -0.368 e. The van der Waals surface area contributed by atoms with Crippen molar-refractivity contribution in [2.75, 3.05) is 36.8 Å². The van der Waals surface area contributed by atoms with Crippen LogP contribution in [0.15, 0.2) is 36.4 Å². The molecule has 21 heavy (non-hydrogen) atoms. The molecule has 0 radical (unpaired) electrons. The zero-order valence-electron chi connectivity index (χ0n) is 11.7. The van der Waals surface area contributed by atoms with Crippen molar-refractivity contribution in [3.8, 4) is 0 Å². The number of halogens is 1. The Hall–Kier alpha value is -1.85. The van der Waals surface area contributed by atoms with Crippen molar-refractivity contribution in [3.05, 3.63) is 47.7 Å². The first kappa shape index (κ1) is 14.1. The van der Waals surface area contributed by atoms with Gasteiger partial charge in [-0.05, 0) is 5.56 Å². The molecule has 6 heteroatoms. The summed E-state index contributed by atoms with van der Waals surface area (Å²) in [6.45, 7) is 3.72. The van der Waals surface area contributed by atoms with Gasteiger partial charge in [-0.2, -0.15) is 4.98 Å². The summed E-state index contributed by atoms with van der Waals surface area (Å²) >= 11 is 6.54. The highest BCUT2D eigenvalue weighted by molar-refractivity contribution is 6.22. The Morgan fingerprint density at radius 3 is 2.57 bits per heavy atom. The van der Waals surface area contributed by atoms with Crippen molar-refractivity contribution in [2.45, 2.75) is 5.38 Å². The number of piperazine rings is 1. The van der Waals surface area contributed by atoms with Gasteiger partial charge >= 0.3 is 0 Å². The van der Waals surface area contributed by atoms with E-state index in [0.717, 1.165) is 43.3 Å². The van der Waals surface area contributed by atoms with E-state index >= 15 is 0 Å². The highest BCUT2D eigenvalue weighted by atomic mass is 35.5. The summed E-state index contributed by atoms with van der Waals surface area (Å²) in [4.78, 5) is 10.8. The van der Waals surface area contributed by atoms with Gasteiger partial charge < -0.3 is 16.0 Å². The van der Waals surface area contributed by atoms with Gasteiger partial charge in [0.1, 0.15) is 11.2 Å². The van der Waals surface area contributed by atoms with Gasteiger partial charge in [0.25, 0.3) is 0 Å². The maximum Gasteiger partial charge on any atom is 0.222 e. The average Bonchev–Trinajstić information content (AvgIpc) is 2.55.